The number of benzene rings is 1. The first kappa shape index (κ1) is 12.3. The number of ketones is 1. The highest BCUT2D eigenvalue weighted by Crippen LogP contribution is 2.13. The van der Waals surface area contributed by atoms with Crippen LogP contribution >= 0.6 is 11.6 Å². The van der Waals surface area contributed by atoms with Crippen LogP contribution < -0.4 is 0 Å². The molecule has 0 aliphatic rings. The molecule has 1 aromatic heterocycles. The van der Waals surface area contributed by atoms with Crippen molar-refractivity contribution in [3.63, 3.8) is 0 Å². The maximum atomic E-state index is 12.2. The van der Waals surface area contributed by atoms with Gasteiger partial charge in [0.1, 0.15) is 0 Å². The standard InChI is InChI=1S/C12H10ClN3O2/c1-16-6-5-14-12(16)10(15-18)11(17)8-3-2-4-9(13)7-8/h2-7,18H,1H3/b15-10-. The number of rotatable bonds is 3. The third-order valence-electron chi connectivity index (χ3n) is 2.43. The topological polar surface area (TPSA) is 67.5 Å². The van der Waals surface area contributed by atoms with Crippen molar-refractivity contribution in [1.82, 2.24) is 9.55 Å². The predicted octanol–water partition coefficient (Wildman–Crippen LogP) is 2.13. The predicted molar refractivity (Wildman–Crippen MR) is 67.3 cm³/mol. The molecule has 0 aliphatic carbocycles. The van der Waals surface area contributed by atoms with E-state index in [1.807, 2.05) is 0 Å². The SMILES string of the molecule is Cn1ccnc1/C(=N\O)C(=O)c1cccc(Cl)c1. The molecule has 0 fully saturated rings. The smallest absolute Gasteiger partial charge is 0.218 e. The summed E-state index contributed by atoms with van der Waals surface area (Å²) >= 11 is 5.82. The Hall–Kier alpha value is -2.14. The van der Waals surface area contributed by atoms with E-state index in [1.165, 1.54) is 12.3 Å². The van der Waals surface area contributed by atoms with Gasteiger partial charge in [0, 0.05) is 30.0 Å². The third kappa shape index (κ3) is 2.26. The van der Waals surface area contributed by atoms with E-state index in [2.05, 4.69) is 10.1 Å². The van der Waals surface area contributed by atoms with E-state index >= 15 is 0 Å². The molecule has 0 spiro atoms. The van der Waals surface area contributed by atoms with Gasteiger partial charge in [-0.05, 0) is 12.1 Å². The summed E-state index contributed by atoms with van der Waals surface area (Å²) in [6, 6.07) is 6.43. The van der Waals surface area contributed by atoms with E-state index in [9.17, 15) is 4.79 Å². The van der Waals surface area contributed by atoms with Crippen LogP contribution in [-0.4, -0.2) is 26.3 Å². The van der Waals surface area contributed by atoms with E-state index in [0.29, 0.717) is 16.4 Å². The second-order valence-corrected chi connectivity index (χ2v) is 4.09. The Morgan fingerprint density at radius 3 is 2.83 bits per heavy atom. The summed E-state index contributed by atoms with van der Waals surface area (Å²) in [4.78, 5) is 16.2. The average Bonchev–Trinajstić information content (AvgIpc) is 2.77. The molecule has 1 heterocycles. The fraction of sp³-hybridized carbons (Fsp3) is 0.0833. The molecule has 0 unspecified atom stereocenters. The van der Waals surface area contributed by atoms with Gasteiger partial charge in [0.15, 0.2) is 11.5 Å². The summed E-state index contributed by atoms with van der Waals surface area (Å²) in [5.41, 5.74) is 0.225. The molecule has 2 aromatic rings. The number of hydrogen-bond acceptors (Lipinski definition) is 4. The number of Topliss-reactive ketones (excluding diaryl/α,β-unsaturated/α-hetero) is 1. The van der Waals surface area contributed by atoms with Gasteiger partial charge in [-0.1, -0.05) is 28.9 Å². The number of halogens is 1. The van der Waals surface area contributed by atoms with Crippen molar-refractivity contribution in [2.75, 3.05) is 0 Å². The van der Waals surface area contributed by atoms with Crippen LogP contribution in [0, 0.1) is 0 Å². The number of hydrogen-bond donors (Lipinski definition) is 1. The molecule has 18 heavy (non-hydrogen) atoms. The monoisotopic (exact) mass is 263 g/mol. The first-order valence-electron chi connectivity index (χ1n) is 5.13. The van der Waals surface area contributed by atoms with Gasteiger partial charge in [-0.2, -0.15) is 0 Å². The van der Waals surface area contributed by atoms with E-state index in [4.69, 9.17) is 16.8 Å². The molecule has 0 saturated heterocycles. The fourth-order valence-electron chi connectivity index (χ4n) is 1.55. The minimum absolute atomic E-state index is 0.121. The second-order valence-electron chi connectivity index (χ2n) is 3.65. The number of carbonyl (C=O) groups is 1. The molecule has 1 aromatic carbocycles. The van der Waals surface area contributed by atoms with Crippen molar-refractivity contribution in [1.29, 1.82) is 0 Å². The van der Waals surface area contributed by atoms with Gasteiger partial charge in [0.05, 0.1) is 0 Å². The molecule has 92 valence electrons. The zero-order valence-corrected chi connectivity index (χ0v) is 10.3. The molecule has 0 bridgehead atoms. The normalized spacial score (nSPS) is 11.6. The maximum Gasteiger partial charge on any atom is 0.218 e. The van der Waals surface area contributed by atoms with E-state index in [-0.39, 0.29) is 5.71 Å². The number of aromatic nitrogens is 2. The Bertz CT molecular complexity index is 619. The Labute approximate surface area is 108 Å². The first-order chi connectivity index (χ1) is 8.63. The number of imidazole rings is 1. The largest absolute Gasteiger partial charge is 0.410 e. The summed E-state index contributed by atoms with van der Waals surface area (Å²) in [6.45, 7) is 0. The highest BCUT2D eigenvalue weighted by Gasteiger charge is 2.20. The van der Waals surface area contributed by atoms with E-state index < -0.39 is 5.78 Å². The van der Waals surface area contributed by atoms with Crippen LogP contribution in [0.3, 0.4) is 0 Å². The Balaban J connectivity index is 2.42. The summed E-state index contributed by atoms with van der Waals surface area (Å²) in [7, 11) is 1.71. The highest BCUT2D eigenvalue weighted by atomic mass is 35.5. The molecular weight excluding hydrogens is 254 g/mol. The minimum Gasteiger partial charge on any atom is -0.410 e. The molecular formula is C12H10ClN3O2. The molecule has 0 radical (unpaired) electrons. The summed E-state index contributed by atoms with van der Waals surface area (Å²) in [5, 5.41) is 12.5. The van der Waals surface area contributed by atoms with Crippen molar-refractivity contribution in [2.45, 2.75) is 0 Å². The van der Waals surface area contributed by atoms with Crippen LogP contribution in [0.1, 0.15) is 16.2 Å². The van der Waals surface area contributed by atoms with Crippen molar-refractivity contribution >= 4 is 23.1 Å². The van der Waals surface area contributed by atoms with Crippen LogP contribution in [0.25, 0.3) is 0 Å². The zero-order chi connectivity index (χ0) is 13.1. The lowest BCUT2D eigenvalue weighted by Crippen LogP contribution is -2.20. The lowest BCUT2D eigenvalue weighted by molar-refractivity contribution is 0.106. The summed E-state index contributed by atoms with van der Waals surface area (Å²) in [5.74, 6) is -0.142. The van der Waals surface area contributed by atoms with Gasteiger partial charge in [0.2, 0.25) is 5.78 Å². The van der Waals surface area contributed by atoms with Crippen LogP contribution in [-0.2, 0) is 7.05 Å². The van der Waals surface area contributed by atoms with Crippen LogP contribution in [0.4, 0.5) is 0 Å². The lowest BCUT2D eigenvalue weighted by Gasteiger charge is -2.04. The Kier molecular flexibility index (Phi) is 3.43. The van der Waals surface area contributed by atoms with Gasteiger partial charge >= 0.3 is 0 Å². The van der Waals surface area contributed by atoms with Crippen molar-refractivity contribution < 1.29 is 10.0 Å². The number of oxime groups is 1. The third-order valence-corrected chi connectivity index (χ3v) is 2.67. The van der Waals surface area contributed by atoms with Crippen molar-refractivity contribution in [3.05, 3.63) is 53.1 Å². The van der Waals surface area contributed by atoms with Crippen LogP contribution in [0.5, 0.6) is 0 Å². The highest BCUT2D eigenvalue weighted by molar-refractivity contribution is 6.50. The van der Waals surface area contributed by atoms with Crippen LogP contribution in [0.2, 0.25) is 5.02 Å². The number of nitrogens with zero attached hydrogens (tertiary/aromatic N) is 3. The Morgan fingerprint density at radius 1 is 1.50 bits per heavy atom. The van der Waals surface area contributed by atoms with Crippen molar-refractivity contribution in [3.8, 4) is 0 Å². The minimum atomic E-state index is -0.436. The number of aryl methyl sites for hydroxylation is 1. The summed E-state index contributed by atoms with van der Waals surface area (Å²) in [6.07, 6.45) is 3.18. The summed E-state index contributed by atoms with van der Waals surface area (Å²) < 4.78 is 1.59. The number of carbonyl (C=O) groups excluding carboxylic acids is 1. The van der Waals surface area contributed by atoms with E-state index in [0.717, 1.165) is 0 Å². The molecule has 6 heteroatoms. The first-order valence-corrected chi connectivity index (χ1v) is 5.51. The quantitative estimate of drug-likeness (QED) is 0.399. The molecule has 5 nitrogen and oxygen atoms in total. The Morgan fingerprint density at radius 2 is 2.28 bits per heavy atom. The van der Waals surface area contributed by atoms with Gasteiger partial charge < -0.3 is 9.77 Å². The van der Waals surface area contributed by atoms with Crippen molar-refractivity contribution in [2.24, 2.45) is 12.2 Å². The maximum absolute atomic E-state index is 12.2. The van der Waals surface area contributed by atoms with Gasteiger partial charge in [-0.25, -0.2) is 4.98 Å². The fourth-order valence-corrected chi connectivity index (χ4v) is 1.74. The molecule has 2 rings (SSSR count). The molecule has 0 atom stereocenters. The molecule has 1 N–H and O–H groups in total. The molecule has 0 saturated carbocycles. The van der Waals surface area contributed by atoms with Gasteiger partial charge in [0.25, 0.3) is 0 Å². The van der Waals surface area contributed by atoms with Crippen LogP contribution in [0.15, 0.2) is 41.8 Å². The van der Waals surface area contributed by atoms with Gasteiger partial charge in [-0.15, -0.1) is 0 Å². The molecule has 0 aliphatic heterocycles. The second kappa shape index (κ2) is 5.01. The van der Waals surface area contributed by atoms with Gasteiger partial charge in [-0.3, -0.25) is 4.79 Å². The van der Waals surface area contributed by atoms with E-state index in [1.54, 1.807) is 36.0 Å². The average molecular weight is 264 g/mol. The lowest BCUT2D eigenvalue weighted by atomic mass is 10.1. The molecule has 0 amide bonds. The zero-order valence-electron chi connectivity index (χ0n) is 9.54.